The summed E-state index contributed by atoms with van der Waals surface area (Å²) in [6, 6.07) is -1.29. The monoisotopic (exact) mass is 872 g/mol. The van der Waals surface area contributed by atoms with Gasteiger partial charge in [-0.2, -0.15) is 0 Å². The molecule has 0 aromatic heterocycles. The molecule has 0 aromatic carbocycles. The van der Waals surface area contributed by atoms with Crippen molar-refractivity contribution in [2.24, 2.45) is 35.5 Å². The fraction of sp³-hybridized carbons (Fsp3) is 0.870. The molecule has 0 saturated carbocycles. The van der Waals surface area contributed by atoms with Gasteiger partial charge in [-0.25, -0.2) is 0 Å². The number of aliphatic hydroxyl groups excluding tert-OH is 4. The number of hydrogen-bond donors (Lipinski definition) is 4. The van der Waals surface area contributed by atoms with Crippen LogP contribution in [0.2, 0.25) is 0 Å². The predicted molar refractivity (Wildman–Crippen MR) is 229 cm³/mol. The number of carbonyl (C=O) groups excluding carboxylic acids is 2. The summed E-state index contributed by atoms with van der Waals surface area (Å²) in [6.45, 7) is 14.9. The predicted octanol–water partition coefficient (Wildman–Crippen LogP) is 3.34. The molecule has 0 aromatic rings. The Balaban J connectivity index is 1.71. The topological polar surface area (TPSA) is 186 Å². The molecule has 15 nitrogen and oxygen atoms in total. The highest BCUT2D eigenvalue weighted by Gasteiger charge is 2.48. The van der Waals surface area contributed by atoms with Crippen molar-refractivity contribution in [1.29, 1.82) is 0 Å². The Morgan fingerprint density at radius 3 is 2.13 bits per heavy atom. The summed E-state index contributed by atoms with van der Waals surface area (Å²) in [5.74, 6) is -2.07. The quantitative estimate of drug-likeness (QED) is 0.209. The lowest BCUT2D eigenvalue weighted by molar-refractivity contribution is -0.304. The van der Waals surface area contributed by atoms with Gasteiger partial charge in [-0.1, -0.05) is 52.3 Å². The first kappa shape index (κ1) is 47.1. The molecule has 4 aliphatic heterocycles. The lowest BCUT2D eigenvalue weighted by Crippen LogP contribution is -2.63. The number of ketones is 1. The van der Waals surface area contributed by atoms with Crippen LogP contribution >= 0.6 is 0 Å². The van der Waals surface area contributed by atoms with Crippen LogP contribution in [0.5, 0.6) is 0 Å². The Kier molecular flexibility index (Phi) is 18.5. The van der Waals surface area contributed by atoms with Crippen molar-refractivity contribution in [2.75, 3.05) is 54.5 Å². The number of hydrogen-bond acceptors (Lipinski definition) is 15. The Hall–Kier alpha value is -1.86. The fourth-order valence-corrected chi connectivity index (χ4v) is 9.86. The van der Waals surface area contributed by atoms with Crippen molar-refractivity contribution in [3.8, 4) is 0 Å². The summed E-state index contributed by atoms with van der Waals surface area (Å²) >= 11 is 0. The number of likely N-dealkylation sites (N-methyl/N-ethyl adjacent to an activating group) is 1. The van der Waals surface area contributed by atoms with Crippen LogP contribution in [0.3, 0.4) is 0 Å². The smallest absolute Gasteiger partial charge is 0.308 e. The standard InChI is InChI=1S/C46H80N2O13/c1-13-36-33(24-57-46-44(56-12)43(55-11)40(53)31(8)59-46)19-25(2)14-15-34(49)28(5)20-32(16-17-48-22-26(3)18-27(4)23-48)42(29(6)35(50)21-37(51)60-36)61-45-41(54)38(47(9)10)39(52)30(7)58-45/h14-15,19,26-33,35-36,38-46,50,52-54H,13,16-18,20-24H2,1-12H3/t26-,27+,28-,29+,30-,31-,32+,33-,35-,36-,38+,39-,40-,41-,42-,43-,44-,45+,46-/m1/s1/i9D3. The van der Waals surface area contributed by atoms with E-state index in [0.717, 1.165) is 30.0 Å². The summed E-state index contributed by atoms with van der Waals surface area (Å²) in [7, 11) is 4.24. The number of methoxy groups -OCH3 is 2. The van der Waals surface area contributed by atoms with Gasteiger partial charge in [-0.05, 0) is 90.9 Å². The van der Waals surface area contributed by atoms with Gasteiger partial charge in [0.05, 0.1) is 49.6 Å². The molecule has 0 unspecified atom stereocenters. The third-order valence-corrected chi connectivity index (χ3v) is 13.3. The van der Waals surface area contributed by atoms with Gasteiger partial charge in [0.1, 0.15) is 30.5 Å². The Morgan fingerprint density at radius 2 is 1.51 bits per heavy atom. The molecule has 4 rings (SSSR count). The van der Waals surface area contributed by atoms with Gasteiger partial charge in [-0.3, -0.25) is 9.59 Å². The molecule has 0 spiro atoms. The number of likely N-dealkylation sites (tertiary alicyclic amines) is 1. The lowest BCUT2D eigenvalue weighted by atomic mass is 9.79. The second-order valence-corrected chi connectivity index (χ2v) is 18.6. The molecule has 61 heavy (non-hydrogen) atoms. The number of cyclic esters (lactones) is 1. The third kappa shape index (κ3) is 13.8. The van der Waals surface area contributed by atoms with Crippen LogP contribution in [0.1, 0.15) is 91.6 Å². The molecule has 15 heteroatoms. The van der Waals surface area contributed by atoms with Crippen LogP contribution in [0.4, 0.5) is 0 Å². The lowest BCUT2D eigenvalue weighted by Gasteiger charge is -2.47. The van der Waals surface area contributed by atoms with E-state index < -0.39 is 123 Å². The first-order valence-corrected chi connectivity index (χ1v) is 22.4. The summed E-state index contributed by atoms with van der Waals surface area (Å²) in [4.78, 5) is 31.3. The van der Waals surface area contributed by atoms with Gasteiger partial charge in [-0.15, -0.1) is 0 Å². The number of nitrogens with zero attached hydrogens (tertiary/aromatic N) is 2. The molecule has 4 aliphatic rings. The van der Waals surface area contributed by atoms with E-state index in [-0.39, 0.29) is 12.4 Å². The minimum absolute atomic E-state index is 0.00497. The van der Waals surface area contributed by atoms with Crippen LogP contribution in [-0.4, -0.2) is 176 Å². The molecular formula is C46H80N2O13. The van der Waals surface area contributed by atoms with Gasteiger partial charge in [0.25, 0.3) is 0 Å². The van der Waals surface area contributed by atoms with E-state index in [1.54, 1.807) is 26.8 Å². The van der Waals surface area contributed by atoms with Crippen molar-refractivity contribution in [1.82, 2.24) is 9.80 Å². The summed E-state index contributed by atoms with van der Waals surface area (Å²) in [5, 5.41) is 45.5. The van der Waals surface area contributed by atoms with Crippen LogP contribution in [0, 0.1) is 35.5 Å². The molecule has 4 heterocycles. The Labute approximate surface area is 369 Å². The van der Waals surface area contributed by atoms with Crippen molar-refractivity contribution in [3.63, 3.8) is 0 Å². The SMILES string of the molecule is [2H]C([2H])([2H])N(C)[C@@H]1[C@@H](O)[C@H](O[C@H]2[C@@H](CCN3C[C@H](C)C[C@H](C)C3)C[C@@H](C)C(=O)C=CC(C)=C[C@H](CO[C@@H]3O[C@H](C)[C@@H](O)[C@@H](OC)[C@H]3OC)[C@@H](CC)OC(=O)C[C@@H](O)[C@@H]2C)O[C@H](C)[C@H]1O. The van der Waals surface area contributed by atoms with E-state index >= 15 is 0 Å². The average molecular weight is 872 g/mol. The molecule has 352 valence electrons. The molecule has 4 N–H and O–H groups in total. The zero-order valence-electron chi connectivity index (χ0n) is 41.4. The highest BCUT2D eigenvalue weighted by molar-refractivity contribution is 5.91. The number of carbonyl (C=O) groups is 2. The maximum Gasteiger partial charge on any atom is 0.308 e. The molecule has 19 atom stereocenters. The molecule has 0 bridgehead atoms. The number of piperidine rings is 1. The highest BCUT2D eigenvalue weighted by atomic mass is 16.7. The zero-order valence-corrected chi connectivity index (χ0v) is 38.4. The second-order valence-electron chi connectivity index (χ2n) is 18.6. The zero-order chi connectivity index (χ0) is 47.8. The van der Waals surface area contributed by atoms with Crippen molar-refractivity contribution in [2.45, 2.75) is 167 Å². The molecule has 0 amide bonds. The summed E-state index contributed by atoms with van der Waals surface area (Å²) in [6.07, 6.45) is -5.22. The largest absolute Gasteiger partial charge is 0.462 e. The maximum absolute atomic E-state index is 14.0. The second kappa shape index (κ2) is 23.9. The number of allylic oxidation sites excluding steroid dienone is 3. The van der Waals surface area contributed by atoms with Crippen LogP contribution in [-0.2, 0) is 42.7 Å². The molecule has 0 radical (unpaired) electrons. The number of esters is 1. The van der Waals surface area contributed by atoms with E-state index in [0.29, 0.717) is 37.6 Å². The Morgan fingerprint density at radius 1 is 0.869 bits per heavy atom. The first-order chi connectivity index (χ1) is 30.0. The van der Waals surface area contributed by atoms with Crippen LogP contribution in [0.25, 0.3) is 0 Å². The van der Waals surface area contributed by atoms with E-state index in [4.69, 9.17) is 37.3 Å². The van der Waals surface area contributed by atoms with Gasteiger partial charge in [0.2, 0.25) is 0 Å². The number of rotatable bonds is 12. The van der Waals surface area contributed by atoms with Gasteiger partial charge >= 0.3 is 5.97 Å². The van der Waals surface area contributed by atoms with Crippen molar-refractivity contribution < 1.29 is 67.3 Å². The van der Waals surface area contributed by atoms with Crippen molar-refractivity contribution in [3.05, 3.63) is 23.8 Å². The van der Waals surface area contributed by atoms with Gasteiger partial charge < -0.3 is 63.4 Å². The minimum atomic E-state index is -2.66. The third-order valence-electron chi connectivity index (χ3n) is 13.3. The highest BCUT2D eigenvalue weighted by Crippen LogP contribution is 2.36. The van der Waals surface area contributed by atoms with E-state index in [1.165, 1.54) is 27.3 Å². The minimum Gasteiger partial charge on any atom is -0.462 e. The molecule has 3 saturated heterocycles. The van der Waals surface area contributed by atoms with E-state index in [2.05, 4.69) is 18.7 Å². The average Bonchev–Trinajstić information content (AvgIpc) is 3.22. The normalized spacial score (nSPS) is 43.9. The molecular weight excluding hydrogens is 789 g/mol. The van der Waals surface area contributed by atoms with Crippen molar-refractivity contribution >= 4 is 11.8 Å². The maximum atomic E-state index is 14.0. The van der Waals surface area contributed by atoms with Gasteiger partial charge in [0.15, 0.2) is 18.4 Å². The van der Waals surface area contributed by atoms with E-state index in [9.17, 15) is 30.0 Å². The van der Waals surface area contributed by atoms with Gasteiger partial charge in [0, 0.05) is 49.2 Å². The summed E-state index contributed by atoms with van der Waals surface area (Å²) in [5.41, 5.74) is 0.721. The Bertz CT molecular complexity index is 1530. The molecule has 3 fully saturated rings. The number of aliphatic hydroxyl groups is 4. The first-order valence-electron chi connectivity index (χ1n) is 23.9. The molecule has 0 aliphatic carbocycles. The van der Waals surface area contributed by atoms with Crippen LogP contribution in [0.15, 0.2) is 23.8 Å². The fourth-order valence-electron chi connectivity index (χ4n) is 9.86. The summed E-state index contributed by atoms with van der Waals surface area (Å²) < 4.78 is 66.5. The van der Waals surface area contributed by atoms with E-state index in [1.807, 2.05) is 26.8 Å². The van der Waals surface area contributed by atoms with Crippen LogP contribution < -0.4 is 0 Å². The number of ether oxygens (including phenoxy) is 7.